The smallest absolute Gasteiger partial charge is 0.315 e. The Morgan fingerprint density at radius 1 is 0.821 bits per heavy atom. The molecular formula is C21H34N4O3. The summed E-state index contributed by atoms with van der Waals surface area (Å²) in [6, 6.07) is -0.140. The zero-order chi connectivity index (χ0) is 19.6. The summed E-state index contributed by atoms with van der Waals surface area (Å²) in [5.41, 5.74) is -0.00295. The molecule has 0 aromatic heterocycles. The molecule has 7 nitrogen and oxygen atoms in total. The Morgan fingerprint density at radius 3 is 2.00 bits per heavy atom. The Bertz CT molecular complexity index is 579. The molecule has 3 N–H and O–H groups in total. The van der Waals surface area contributed by atoms with Crippen LogP contribution in [0.3, 0.4) is 0 Å². The molecule has 0 aromatic rings. The summed E-state index contributed by atoms with van der Waals surface area (Å²) in [6.07, 6.45) is 10.2. The van der Waals surface area contributed by atoms with Crippen LogP contribution in [0.25, 0.3) is 0 Å². The van der Waals surface area contributed by atoms with Crippen molar-refractivity contribution in [3.05, 3.63) is 0 Å². The first-order valence-electron chi connectivity index (χ1n) is 11.1. The van der Waals surface area contributed by atoms with Gasteiger partial charge in [-0.05, 0) is 69.1 Å². The molecule has 5 rings (SSSR count). The van der Waals surface area contributed by atoms with Crippen LogP contribution in [0.4, 0.5) is 4.79 Å². The van der Waals surface area contributed by atoms with Gasteiger partial charge in [-0.2, -0.15) is 0 Å². The highest BCUT2D eigenvalue weighted by Gasteiger charge is 2.51. The summed E-state index contributed by atoms with van der Waals surface area (Å²) in [6.45, 7) is 2.38. The number of nitrogens with zero attached hydrogens (tertiary/aromatic N) is 1. The third-order valence-corrected chi connectivity index (χ3v) is 7.17. The van der Waals surface area contributed by atoms with E-state index in [0.29, 0.717) is 19.5 Å². The van der Waals surface area contributed by atoms with E-state index in [0.717, 1.165) is 62.9 Å². The molecule has 1 saturated heterocycles. The van der Waals surface area contributed by atoms with Gasteiger partial charge in [-0.25, -0.2) is 4.79 Å². The van der Waals surface area contributed by atoms with E-state index >= 15 is 0 Å². The van der Waals surface area contributed by atoms with Gasteiger partial charge in [0.25, 0.3) is 0 Å². The van der Waals surface area contributed by atoms with Crippen molar-refractivity contribution in [3.63, 3.8) is 0 Å². The zero-order valence-electron chi connectivity index (χ0n) is 16.8. The zero-order valence-corrected chi connectivity index (χ0v) is 16.8. The SMILES string of the molecule is O=C(CCNC(=O)NC12CC3CC(CC(C3)C1)C2)NCCC(=O)N1CCCC1. The first-order valence-corrected chi connectivity index (χ1v) is 11.1. The van der Waals surface area contributed by atoms with Crippen molar-refractivity contribution in [2.45, 2.75) is 69.7 Å². The topological polar surface area (TPSA) is 90.5 Å². The lowest BCUT2D eigenvalue weighted by molar-refractivity contribution is -0.130. The fraction of sp³-hybridized carbons (Fsp3) is 0.857. The van der Waals surface area contributed by atoms with Crippen molar-refractivity contribution in [2.75, 3.05) is 26.2 Å². The van der Waals surface area contributed by atoms with E-state index in [2.05, 4.69) is 16.0 Å². The van der Waals surface area contributed by atoms with Crippen molar-refractivity contribution in [1.29, 1.82) is 0 Å². The van der Waals surface area contributed by atoms with Crippen LogP contribution in [-0.2, 0) is 9.59 Å². The minimum atomic E-state index is -0.140. The van der Waals surface area contributed by atoms with Gasteiger partial charge in [-0.15, -0.1) is 0 Å². The number of likely N-dealkylation sites (tertiary alicyclic amines) is 1. The molecule has 0 unspecified atom stereocenters. The molecule has 0 radical (unpaired) electrons. The Kier molecular flexibility index (Phi) is 5.78. The second-order valence-corrected chi connectivity index (χ2v) is 9.52. The molecule has 0 aromatic carbocycles. The number of hydrogen-bond acceptors (Lipinski definition) is 3. The Hall–Kier alpha value is -1.79. The average Bonchev–Trinajstić information content (AvgIpc) is 3.14. The maximum Gasteiger partial charge on any atom is 0.315 e. The van der Waals surface area contributed by atoms with E-state index < -0.39 is 0 Å². The normalized spacial score (nSPS) is 33.0. The standard InChI is InChI=1S/C21H34N4O3/c26-18(22-6-4-19(27)25-7-1-2-8-25)3-5-23-20(28)24-21-12-15-9-16(13-21)11-17(10-15)14-21/h15-17H,1-14H2,(H,22,26)(H2,23,24,28). The van der Waals surface area contributed by atoms with Crippen LogP contribution in [0, 0.1) is 17.8 Å². The molecule has 5 fully saturated rings. The van der Waals surface area contributed by atoms with Gasteiger partial charge >= 0.3 is 6.03 Å². The van der Waals surface area contributed by atoms with Crippen LogP contribution in [0.15, 0.2) is 0 Å². The molecule has 0 atom stereocenters. The minimum absolute atomic E-state index is 0.00295. The van der Waals surface area contributed by atoms with Gasteiger partial charge in [0.05, 0.1) is 0 Å². The van der Waals surface area contributed by atoms with Crippen LogP contribution in [0.5, 0.6) is 0 Å². The Balaban J connectivity index is 1.10. The van der Waals surface area contributed by atoms with E-state index in [-0.39, 0.29) is 29.8 Å². The minimum Gasteiger partial charge on any atom is -0.356 e. The predicted molar refractivity (Wildman–Crippen MR) is 105 cm³/mol. The second kappa shape index (κ2) is 8.29. The fourth-order valence-corrected chi connectivity index (χ4v) is 6.36. The molecule has 28 heavy (non-hydrogen) atoms. The van der Waals surface area contributed by atoms with Gasteiger partial charge < -0.3 is 20.9 Å². The molecule has 4 saturated carbocycles. The number of urea groups is 1. The summed E-state index contributed by atoms with van der Waals surface area (Å²) in [4.78, 5) is 38.1. The molecule has 1 heterocycles. The van der Waals surface area contributed by atoms with Gasteiger partial charge in [-0.1, -0.05) is 0 Å². The molecule has 4 bridgehead atoms. The fourth-order valence-electron chi connectivity index (χ4n) is 6.36. The number of carbonyl (C=O) groups excluding carboxylic acids is 3. The predicted octanol–water partition coefficient (Wildman–Crippen LogP) is 1.77. The van der Waals surface area contributed by atoms with Crippen LogP contribution in [-0.4, -0.2) is 54.5 Å². The second-order valence-electron chi connectivity index (χ2n) is 9.52. The number of rotatable bonds is 7. The maximum absolute atomic E-state index is 12.4. The first-order chi connectivity index (χ1) is 13.5. The largest absolute Gasteiger partial charge is 0.356 e. The maximum atomic E-state index is 12.4. The van der Waals surface area contributed by atoms with Crippen LogP contribution >= 0.6 is 0 Å². The average molecular weight is 391 g/mol. The molecule has 0 spiro atoms. The Morgan fingerprint density at radius 2 is 1.39 bits per heavy atom. The summed E-state index contributed by atoms with van der Waals surface area (Å²) in [5, 5.41) is 8.88. The molecular weight excluding hydrogens is 356 g/mol. The highest BCUT2D eigenvalue weighted by molar-refractivity contribution is 5.80. The van der Waals surface area contributed by atoms with E-state index in [1.165, 1.54) is 19.3 Å². The molecule has 1 aliphatic heterocycles. The summed E-state index contributed by atoms with van der Waals surface area (Å²) in [7, 11) is 0. The number of hydrogen-bond donors (Lipinski definition) is 3. The van der Waals surface area contributed by atoms with E-state index in [1.807, 2.05) is 4.90 Å². The number of amides is 4. The molecule has 5 aliphatic rings. The van der Waals surface area contributed by atoms with Crippen molar-refractivity contribution < 1.29 is 14.4 Å². The van der Waals surface area contributed by atoms with Gasteiger partial charge in [0.1, 0.15) is 0 Å². The van der Waals surface area contributed by atoms with Gasteiger partial charge in [-0.3, -0.25) is 9.59 Å². The molecule has 156 valence electrons. The van der Waals surface area contributed by atoms with Gasteiger partial charge in [0, 0.05) is 44.6 Å². The molecule has 4 amide bonds. The first kappa shape index (κ1) is 19.5. The third-order valence-electron chi connectivity index (χ3n) is 7.17. The summed E-state index contributed by atoms with van der Waals surface area (Å²) >= 11 is 0. The number of carbonyl (C=O) groups is 3. The van der Waals surface area contributed by atoms with Gasteiger partial charge in [0.15, 0.2) is 0 Å². The third kappa shape index (κ3) is 4.61. The van der Waals surface area contributed by atoms with Crippen molar-refractivity contribution >= 4 is 17.8 Å². The summed E-state index contributed by atoms with van der Waals surface area (Å²) in [5.74, 6) is 2.37. The van der Waals surface area contributed by atoms with Crippen molar-refractivity contribution in [3.8, 4) is 0 Å². The lowest BCUT2D eigenvalue weighted by Crippen LogP contribution is -2.61. The van der Waals surface area contributed by atoms with Crippen LogP contribution < -0.4 is 16.0 Å². The molecule has 7 heteroatoms. The van der Waals surface area contributed by atoms with Crippen LogP contribution in [0.1, 0.15) is 64.2 Å². The highest BCUT2D eigenvalue weighted by Crippen LogP contribution is 2.55. The quantitative estimate of drug-likeness (QED) is 0.619. The lowest BCUT2D eigenvalue weighted by atomic mass is 9.53. The summed E-state index contributed by atoms with van der Waals surface area (Å²) < 4.78 is 0. The van der Waals surface area contributed by atoms with E-state index in [9.17, 15) is 14.4 Å². The van der Waals surface area contributed by atoms with Crippen molar-refractivity contribution in [1.82, 2.24) is 20.9 Å². The Labute approximate surface area is 167 Å². The van der Waals surface area contributed by atoms with E-state index in [1.54, 1.807) is 0 Å². The monoisotopic (exact) mass is 390 g/mol. The van der Waals surface area contributed by atoms with E-state index in [4.69, 9.17) is 0 Å². The van der Waals surface area contributed by atoms with Gasteiger partial charge in [0.2, 0.25) is 11.8 Å². The number of nitrogens with one attached hydrogen (secondary N) is 3. The van der Waals surface area contributed by atoms with Crippen molar-refractivity contribution in [2.24, 2.45) is 17.8 Å². The molecule has 4 aliphatic carbocycles. The lowest BCUT2D eigenvalue weighted by Gasteiger charge is -2.56. The van der Waals surface area contributed by atoms with Crippen LogP contribution in [0.2, 0.25) is 0 Å². The highest BCUT2D eigenvalue weighted by atomic mass is 16.2.